The predicted octanol–water partition coefficient (Wildman–Crippen LogP) is 4.80. The third-order valence-corrected chi connectivity index (χ3v) is 4.58. The van der Waals surface area contributed by atoms with E-state index in [0.717, 1.165) is 49.7 Å². The van der Waals surface area contributed by atoms with Gasteiger partial charge < -0.3 is 10.1 Å². The van der Waals surface area contributed by atoms with Crippen molar-refractivity contribution in [2.24, 2.45) is 0 Å². The van der Waals surface area contributed by atoms with E-state index in [2.05, 4.69) is 5.32 Å². The van der Waals surface area contributed by atoms with Crippen LogP contribution in [-0.2, 0) is 14.9 Å². The zero-order chi connectivity index (χ0) is 20.0. The first kappa shape index (κ1) is 23.2. The molecule has 2 N–H and O–H groups in total. The van der Waals surface area contributed by atoms with Crippen molar-refractivity contribution in [1.29, 1.82) is 0 Å². The summed E-state index contributed by atoms with van der Waals surface area (Å²) in [6.07, 6.45) is 9.95. The Morgan fingerprint density at radius 1 is 1.04 bits per heavy atom. The molecule has 6 nitrogen and oxygen atoms in total. The molecule has 1 aromatic rings. The maximum atomic E-state index is 11.6. The van der Waals surface area contributed by atoms with Crippen LogP contribution in [-0.4, -0.2) is 32.1 Å². The van der Waals surface area contributed by atoms with Crippen molar-refractivity contribution >= 4 is 21.8 Å². The number of esters is 1. The zero-order valence-electron chi connectivity index (χ0n) is 16.0. The minimum absolute atomic E-state index is 0.293. The van der Waals surface area contributed by atoms with Gasteiger partial charge in [-0.15, -0.1) is 0 Å². The van der Waals surface area contributed by atoms with Crippen LogP contribution < -0.4 is 5.32 Å². The number of carbonyl (C=O) groups excluding carboxylic acids is 1. The Bertz CT molecular complexity index is 668. The summed E-state index contributed by atoms with van der Waals surface area (Å²) in [5, 5.41) is 4.20. The number of hydrogen-bond acceptors (Lipinski definition) is 5. The third kappa shape index (κ3) is 12.2. The zero-order valence-corrected chi connectivity index (χ0v) is 16.8. The van der Waals surface area contributed by atoms with Gasteiger partial charge in [-0.25, -0.2) is 4.79 Å². The second-order valence-corrected chi connectivity index (χ2v) is 7.68. The number of allylic oxidation sites excluding steroid dienone is 1. The van der Waals surface area contributed by atoms with E-state index in [1.54, 1.807) is 19.1 Å². The van der Waals surface area contributed by atoms with Crippen LogP contribution in [0.4, 0.5) is 5.69 Å². The monoisotopic (exact) mass is 397 g/mol. The van der Waals surface area contributed by atoms with E-state index >= 15 is 0 Å². The average molecular weight is 398 g/mol. The molecule has 0 heterocycles. The van der Waals surface area contributed by atoms with Gasteiger partial charge in [-0.3, -0.25) is 4.55 Å². The summed E-state index contributed by atoms with van der Waals surface area (Å²) in [5.74, 6) is -0.293. The van der Waals surface area contributed by atoms with Crippen LogP contribution >= 0.6 is 0 Å². The van der Waals surface area contributed by atoms with Crippen LogP contribution in [0.2, 0.25) is 0 Å². The summed E-state index contributed by atoms with van der Waals surface area (Å²) >= 11 is 0. The fourth-order valence-corrected chi connectivity index (χ4v) is 3.01. The molecule has 7 heteroatoms. The normalized spacial score (nSPS) is 11.6. The Morgan fingerprint density at radius 2 is 1.63 bits per heavy atom. The fourth-order valence-electron chi connectivity index (χ4n) is 2.63. The first-order chi connectivity index (χ1) is 12.9. The van der Waals surface area contributed by atoms with Crippen LogP contribution in [0, 0.1) is 0 Å². The number of unbranched alkanes of at least 4 members (excludes halogenated alkanes) is 7. The molecule has 0 aliphatic rings. The third-order valence-electron chi connectivity index (χ3n) is 4.04. The molecule has 0 aliphatic carbocycles. The highest BCUT2D eigenvalue weighted by atomic mass is 32.2. The van der Waals surface area contributed by atoms with Gasteiger partial charge in [0, 0.05) is 12.2 Å². The summed E-state index contributed by atoms with van der Waals surface area (Å²) in [7, 11) is -3.97. The molecule has 0 saturated carbocycles. The van der Waals surface area contributed by atoms with E-state index in [9.17, 15) is 13.2 Å². The second kappa shape index (κ2) is 13.3. The summed E-state index contributed by atoms with van der Waals surface area (Å²) in [6.45, 7) is 3.07. The lowest BCUT2D eigenvalue weighted by molar-refractivity contribution is 0.0526. The van der Waals surface area contributed by atoms with Gasteiger partial charge in [0.05, 0.1) is 17.6 Å². The van der Waals surface area contributed by atoms with Gasteiger partial charge in [-0.1, -0.05) is 38.2 Å². The first-order valence-corrected chi connectivity index (χ1v) is 11.1. The standard InChI is InChI=1S/C20H31NO5S/c1-2-26-20(22)18-12-14-19(15-13-18)21-16-10-8-6-4-3-5-7-9-11-17-27(23,24)25/h11-15,17,21H,2-10,16H2,1H3,(H,23,24,25)/b17-11+. The molecular weight excluding hydrogens is 366 g/mol. The molecule has 0 atom stereocenters. The van der Waals surface area contributed by atoms with Gasteiger partial charge in [-0.2, -0.15) is 8.42 Å². The summed E-state index contributed by atoms with van der Waals surface area (Å²) in [5.41, 5.74) is 1.57. The SMILES string of the molecule is CCOC(=O)c1ccc(NCCCCCCCCC/C=C/S(=O)(=O)O)cc1. The molecule has 0 saturated heterocycles. The molecule has 1 aromatic carbocycles. The maximum Gasteiger partial charge on any atom is 0.338 e. The predicted molar refractivity (Wildman–Crippen MR) is 109 cm³/mol. The minimum atomic E-state index is -3.97. The topological polar surface area (TPSA) is 92.7 Å². The van der Waals surface area contributed by atoms with Crippen LogP contribution in [0.1, 0.15) is 68.6 Å². The number of rotatable bonds is 14. The highest BCUT2D eigenvalue weighted by molar-refractivity contribution is 7.88. The Labute approximate surface area is 162 Å². The molecule has 1 rings (SSSR count). The van der Waals surface area contributed by atoms with Gasteiger partial charge in [0.15, 0.2) is 0 Å². The Kier molecular flexibility index (Phi) is 11.4. The molecular formula is C20H31NO5S. The minimum Gasteiger partial charge on any atom is -0.462 e. The van der Waals surface area contributed by atoms with E-state index in [0.29, 0.717) is 18.6 Å². The second-order valence-electron chi connectivity index (χ2n) is 6.37. The van der Waals surface area contributed by atoms with Gasteiger partial charge in [0.25, 0.3) is 10.1 Å². The largest absolute Gasteiger partial charge is 0.462 e. The lowest BCUT2D eigenvalue weighted by atomic mass is 10.1. The van der Waals surface area contributed by atoms with Crippen LogP contribution in [0.5, 0.6) is 0 Å². The number of ether oxygens (including phenoxy) is 1. The fraction of sp³-hybridized carbons (Fsp3) is 0.550. The lowest BCUT2D eigenvalue weighted by Gasteiger charge is -2.07. The van der Waals surface area contributed by atoms with Crippen molar-refractivity contribution in [1.82, 2.24) is 0 Å². The number of anilines is 1. The Balaban J connectivity index is 2.00. The molecule has 0 fully saturated rings. The van der Waals surface area contributed by atoms with Gasteiger partial charge >= 0.3 is 5.97 Å². The summed E-state index contributed by atoms with van der Waals surface area (Å²) in [4.78, 5) is 11.6. The number of hydrogen-bond donors (Lipinski definition) is 2. The highest BCUT2D eigenvalue weighted by Crippen LogP contribution is 2.12. The Morgan fingerprint density at radius 3 is 2.22 bits per heavy atom. The maximum absolute atomic E-state index is 11.6. The van der Waals surface area contributed by atoms with Crippen molar-refractivity contribution in [3.63, 3.8) is 0 Å². The van der Waals surface area contributed by atoms with Crippen molar-refractivity contribution in [2.75, 3.05) is 18.5 Å². The van der Waals surface area contributed by atoms with Crippen molar-refractivity contribution in [3.05, 3.63) is 41.3 Å². The first-order valence-electron chi connectivity index (χ1n) is 9.57. The van der Waals surface area contributed by atoms with Gasteiger partial charge in [0.1, 0.15) is 0 Å². The molecule has 152 valence electrons. The summed E-state index contributed by atoms with van der Waals surface area (Å²) in [6, 6.07) is 7.32. The van der Waals surface area contributed by atoms with Crippen molar-refractivity contribution in [3.8, 4) is 0 Å². The highest BCUT2D eigenvalue weighted by Gasteiger charge is 2.05. The van der Waals surface area contributed by atoms with E-state index < -0.39 is 10.1 Å². The molecule has 27 heavy (non-hydrogen) atoms. The van der Waals surface area contributed by atoms with Crippen LogP contribution in [0.3, 0.4) is 0 Å². The smallest absolute Gasteiger partial charge is 0.338 e. The van der Waals surface area contributed by atoms with Crippen molar-refractivity contribution in [2.45, 2.75) is 58.3 Å². The molecule has 0 aromatic heterocycles. The summed E-state index contributed by atoms with van der Waals surface area (Å²) < 4.78 is 34.5. The Hall–Kier alpha value is -1.86. The molecule has 0 spiro atoms. The van der Waals surface area contributed by atoms with Gasteiger partial charge in [0.2, 0.25) is 0 Å². The van der Waals surface area contributed by atoms with E-state index in [1.807, 2.05) is 12.1 Å². The molecule has 0 unspecified atom stereocenters. The molecule has 0 amide bonds. The number of nitrogens with one attached hydrogen (secondary N) is 1. The molecule has 0 bridgehead atoms. The van der Waals surface area contributed by atoms with E-state index in [-0.39, 0.29) is 5.97 Å². The van der Waals surface area contributed by atoms with E-state index in [4.69, 9.17) is 9.29 Å². The number of benzene rings is 1. The number of carbonyl (C=O) groups is 1. The van der Waals surface area contributed by atoms with Gasteiger partial charge in [-0.05, 0) is 50.5 Å². The molecule has 0 radical (unpaired) electrons. The lowest BCUT2D eigenvalue weighted by Crippen LogP contribution is -2.05. The van der Waals surface area contributed by atoms with Crippen molar-refractivity contribution < 1.29 is 22.5 Å². The van der Waals surface area contributed by atoms with E-state index in [1.165, 1.54) is 18.9 Å². The quantitative estimate of drug-likeness (QED) is 0.266. The van der Waals surface area contributed by atoms with Crippen LogP contribution in [0.15, 0.2) is 35.7 Å². The average Bonchev–Trinajstić information content (AvgIpc) is 2.62. The molecule has 0 aliphatic heterocycles. The van der Waals surface area contributed by atoms with Crippen LogP contribution in [0.25, 0.3) is 0 Å².